The first-order valence-electron chi connectivity index (χ1n) is 8.27. The van der Waals surface area contributed by atoms with Gasteiger partial charge in [-0.05, 0) is 36.6 Å². The van der Waals surface area contributed by atoms with Gasteiger partial charge in [-0.2, -0.15) is 0 Å². The van der Waals surface area contributed by atoms with Crippen molar-refractivity contribution in [2.75, 3.05) is 13.6 Å². The third-order valence-electron chi connectivity index (χ3n) is 4.25. The van der Waals surface area contributed by atoms with Gasteiger partial charge in [0.25, 0.3) is 11.5 Å². The number of halogens is 1. The number of carbonyl (C=O) groups is 2. The number of carbonyl (C=O) groups excluding carboxylic acids is 2. The van der Waals surface area contributed by atoms with Crippen LogP contribution >= 0.6 is 0 Å². The molecule has 0 saturated carbocycles. The van der Waals surface area contributed by atoms with Crippen LogP contribution in [0.3, 0.4) is 0 Å². The summed E-state index contributed by atoms with van der Waals surface area (Å²) in [4.78, 5) is 49.6. The zero-order valence-corrected chi connectivity index (χ0v) is 15.3. The van der Waals surface area contributed by atoms with Crippen molar-refractivity contribution in [3.05, 3.63) is 67.7 Å². The van der Waals surface area contributed by atoms with E-state index < -0.39 is 23.1 Å². The Morgan fingerprint density at radius 1 is 1.30 bits per heavy atom. The maximum Gasteiger partial charge on any atom is 0.328 e. The molecule has 144 valence electrons. The van der Waals surface area contributed by atoms with Crippen LogP contribution in [0.5, 0.6) is 0 Å². The number of hydrogen-bond acceptors (Lipinski definition) is 4. The molecule has 0 bridgehead atoms. The van der Waals surface area contributed by atoms with Gasteiger partial charge in [-0.3, -0.25) is 19.4 Å². The van der Waals surface area contributed by atoms with E-state index in [9.17, 15) is 23.6 Å². The van der Waals surface area contributed by atoms with E-state index in [1.54, 1.807) is 13.0 Å². The van der Waals surface area contributed by atoms with E-state index >= 15 is 0 Å². The molecule has 1 aromatic carbocycles. The van der Waals surface area contributed by atoms with Gasteiger partial charge in [-0.1, -0.05) is 6.07 Å². The molecule has 9 heteroatoms. The molecule has 0 aliphatic heterocycles. The Hall–Kier alpha value is -3.23. The number of benzene rings is 1. The van der Waals surface area contributed by atoms with E-state index in [2.05, 4.69) is 10.6 Å². The van der Waals surface area contributed by atoms with Crippen molar-refractivity contribution in [3.63, 3.8) is 0 Å². The van der Waals surface area contributed by atoms with Crippen molar-refractivity contribution in [3.8, 4) is 0 Å². The van der Waals surface area contributed by atoms with Crippen LogP contribution in [-0.4, -0.2) is 35.0 Å². The highest BCUT2D eigenvalue weighted by molar-refractivity contribution is 5.93. The standard InChI is InChI=1S/C18H21FN4O4/c1-10-6-13(19)5-4-11(10)7-12(15(24)20-2)8-21-16(25)14-9-23(3)18(27)22-17(14)26/h4-6,9,12H,7-8H2,1-3H3,(H,20,24)(H,21,25)(H,22,26,27). The van der Waals surface area contributed by atoms with Crippen molar-refractivity contribution in [2.24, 2.45) is 13.0 Å². The molecule has 1 heterocycles. The summed E-state index contributed by atoms with van der Waals surface area (Å²) >= 11 is 0. The molecule has 8 nitrogen and oxygen atoms in total. The number of aryl methyl sites for hydroxylation is 2. The molecule has 1 unspecified atom stereocenters. The van der Waals surface area contributed by atoms with Gasteiger partial charge in [0.2, 0.25) is 5.91 Å². The molecule has 1 aromatic heterocycles. The summed E-state index contributed by atoms with van der Waals surface area (Å²) in [5, 5.41) is 5.07. The lowest BCUT2D eigenvalue weighted by Gasteiger charge is -2.17. The zero-order valence-electron chi connectivity index (χ0n) is 15.3. The van der Waals surface area contributed by atoms with Crippen LogP contribution in [0.2, 0.25) is 0 Å². The van der Waals surface area contributed by atoms with Gasteiger partial charge in [0.05, 0.1) is 5.92 Å². The summed E-state index contributed by atoms with van der Waals surface area (Å²) in [6.07, 6.45) is 1.42. The van der Waals surface area contributed by atoms with Crippen LogP contribution in [0.25, 0.3) is 0 Å². The lowest BCUT2D eigenvalue weighted by molar-refractivity contribution is -0.124. The molecular weight excluding hydrogens is 355 g/mol. The minimum absolute atomic E-state index is 0.0302. The third-order valence-corrected chi connectivity index (χ3v) is 4.25. The van der Waals surface area contributed by atoms with E-state index in [4.69, 9.17) is 0 Å². The van der Waals surface area contributed by atoms with Gasteiger partial charge in [0.15, 0.2) is 0 Å². The van der Waals surface area contributed by atoms with Gasteiger partial charge in [-0.25, -0.2) is 9.18 Å². The molecular formula is C18H21FN4O4. The molecule has 0 radical (unpaired) electrons. The number of aromatic nitrogens is 2. The number of H-pyrrole nitrogens is 1. The molecule has 27 heavy (non-hydrogen) atoms. The Labute approximate surface area is 154 Å². The predicted octanol–water partition coefficient (Wildman–Crippen LogP) is -0.144. The minimum atomic E-state index is -0.804. The fraction of sp³-hybridized carbons (Fsp3) is 0.333. The summed E-state index contributed by atoms with van der Waals surface area (Å²) in [7, 11) is 2.88. The molecule has 2 amide bonds. The van der Waals surface area contributed by atoms with Gasteiger partial charge >= 0.3 is 5.69 Å². The Kier molecular flexibility index (Phi) is 6.27. The second-order valence-corrected chi connectivity index (χ2v) is 6.21. The lowest BCUT2D eigenvalue weighted by Crippen LogP contribution is -2.41. The summed E-state index contributed by atoms with van der Waals surface area (Å²) in [5.41, 5.74) is -0.192. The Balaban J connectivity index is 2.16. The third kappa shape index (κ3) is 4.90. The fourth-order valence-electron chi connectivity index (χ4n) is 2.65. The number of nitrogens with zero attached hydrogens (tertiary/aromatic N) is 1. The molecule has 0 aliphatic carbocycles. The Morgan fingerprint density at radius 3 is 2.63 bits per heavy atom. The van der Waals surface area contributed by atoms with Crippen molar-refractivity contribution in [1.82, 2.24) is 20.2 Å². The smallest absolute Gasteiger partial charge is 0.328 e. The van der Waals surface area contributed by atoms with E-state index in [1.165, 1.54) is 26.2 Å². The van der Waals surface area contributed by atoms with E-state index in [0.717, 1.165) is 16.3 Å². The molecule has 3 N–H and O–H groups in total. The number of rotatable bonds is 6. The molecule has 0 spiro atoms. The van der Waals surface area contributed by atoms with E-state index in [1.807, 2.05) is 4.98 Å². The minimum Gasteiger partial charge on any atom is -0.359 e. The highest BCUT2D eigenvalue weighted by Crippen LogP contribution is 2.15. The van der Waals surface area contributed by atoms with Crippen molar-refractivity contribution < 1.29 is 14.0 Å². The molecule has 0 aliphatic rings. The van der Waals surface area contributed by atoms with Crippen LogP contribution < -0.4 is 21.9 Å². The summed E-state index contributed by atoms with van der Waals surface area (Å²) in [6.45, 7) is 1.71. The number of aromatic amines is 1. The average Bonchev–Trinajstić information content (AvgIpc) is 2.62. The van der Waals surface area contributed by atoms with E-state index in [0.29, 0.717) is 5.56 Å². The largest absolute Gasteiger partial charge is 0.359 e. The highest BCUT2D eigenvalue weighted by atomic mass is 19.1. The number of hydrogen-bond donors (Lipinski definition) is 3. The normalized spacial score (nSPS) is 11.7. The Morgan fingerprint density at radius 2 is 2.00 bits per heavy atom. The number of nitrogens with one attached hydrogen (secondary N) is 3. The fourth-order valence-corrected chi connectivity index (χ4v) is 2.65. The quantitative estimate of drug-likeness (QED) is 0.651. The van der Waals surface area contributed by atoms with Gasteiger partial charge < -0.3 is 15.2 Å². The maximum absolute atomic E-state index is 13.3. The first kappa shape index (κ1) is 20.1. The van der Waals surface area contributed by atoms with Gasteiger partial charge in [0, 0.05) is 26.8 Å². The molecule has 1 atom stereocenters. The van der Waals surface area contributed by atoms with Crippen molar-refractivity contribution >= 4 is 11.8 Å². The Bertz CT molecular complexity index is 980. The van der Waals surface area contributed by atoms with Crippen molar-refractivity contribution in [2.45, 2.75) is 13.3 Å². The SMILES string of the molecule is CNC(=O)C(CNC(=O)c1cn(C)c(=O)[nH]c1=O)Cc1ccc(F)cc1C. The molecule has 2 aromatic rings. The summed E-state index contributed by atoms with van der Waals surface area (Å²) in [6, 6.07) is 4.28. The maximum atomic E-state index is 13.3. The van der Waals surface area contributed by atoms with Crippen LogP contribution in [0.4, 0.5) is 4.39 Å². The topological polar surface area (TPSA) is 113 Å². The van der Waals surface area contributed by atoms with E-state index in [-0.39, 0.29) is 30.3 Å². The predicted molar refractivity (Wildman–Crippen MR) is 97.0 cm³/mol. The monoisotopic (exact) mass is 376 g/mol. The number of amides is 2. The summed E-state index contributed by atoms with van der Waals surface area (Å²) in [5.74, 6) is -1.98. The second kappa shape index (κ2) is 8.43. The van der Waals surface area contributed by atoms with Gasteiger partial charge in [0.1, 0.15) is 11.4 Å². The molecule has 0 saturated heterocycles. The molecule has 2 rings (SSSR count). The molecule has 0 fully saturated rings. The van der Waals surface area contributed by atoms with Crippen LogP contribution in [-0.2, 0) is 18.3 Å². The van der Waals surface area contributed by atoms with Crippen LogP contribution in [0.1, 0.15) is 21.5 Å². The second-order valence-electron chi connectivity index (χ2n) is 6.21. The summed E-state index contributed by atoms with van der Waals surface area (Å²) < 4.78 is 14.3. The lowest BCUT2D eigenvalue weighted by atomic mass is 9.95. The van der Waals surface area contributed by atoms with Crippen LogP contribution in [0, 0.1) is 18.7 Å². The average molecular weight is 376 g/mol. The first-order valence-corrected chi connectivity index (χ1v) is 8.27. The van der Waals surface area contributed by atoms with Crippen LogP contribution in [0.15, 0.2) is 34.0 Å². The zero-order chi connectivity index (χ0) is 20.1. The highest BCUT2D eigenvalue weighted by Gasteiger charge is 2.21. The van der Waals surface area contributed by atoms with Crippen molar-refractivity contribution in [1.29, 1.82) is 0 Å². The van der Waals surface area contributed by atoms with Gasteiger partial charge in [-0.15, -0.1) is 0 Å². The first-order chi connectivity index (χ1) is 12.7.